The highest BCUT2D eigenvalue weighted by Crippen LogP contribution is 2.37. The summed E-state index contributed by atoms with van der Waals surface area (Å²) in [7, 11) is 0. The van der Waals surface area contributed by atoms with Gasteiger partial charge in [0.05, 0.1) is 41.3 Å². The summed E-state index contributed by atoms with van der Waals surface area (Å²) in [5.74, 6) is 3.70. The van der Waals surface area contributed by atoms with Gasteiger partial charge in [-0.05, 0) is 37.1 Å². The van der Waals surface area contributed by atoms with Crippen LogP contribution < -0.4 is 27.5 Å². The minimum atomic E-state index is -4.96. The van der Waals surface area contributed by atoms with Crippen molar-refractivity contribution in [3.8, 4) is 22.5 Å². The molecule has 0 fully saturated rings. The molecule has 3 aromatic heterocycles. The van der Waals surface area contributed by atoms with Gasteiger partial charge in [0.25, 0.3) is 5.56 Å². The molecular weight excluding hydrogens is 656 g/mol. The normalized spacial score (nSPS) is 17.5. The summed E-state index contributed by atoms with van der Waals surface area (Å²) in [6.45, 7) is -1.35. The lowest BCUT2D eigenvalue weighted by molar-refractivity contribution is -0.119. The van der Waals surface area contributed by atoms with E-state index in [4.69, 9.17) is 23.2 Å². The lowest BCUT2D eigenvalue weighted by Gasteiger charge is -2.23. The minimum absolute atomic E-state index is 0.0635. The van der Waals surface area contributed by atoms with E-state index in [-0.39, 0.29) is 45.8 Å². The number of aromatic nitrogens is 5. The number of carbonyl (C=O) groups excluding carboxylic acids is 1. The van der Waals surface area contributed by atoms with Gasteiger partial charge in [-0.15, -0.1) is 0 Å². The van der Waals surface area contributed by atoms with Gasteiger partial charge in [-0.25, -0.2) is 19.9 Å². The molecule has 248 valence electrons. The first-order chi connectivity index (χ1) is 22.1. The zero-order chi connectivity index (χ0) is 34.2. The third-order valence-electron chi connectivity index (χ3n) is 7.54. The van der Waals surface area contributed by atoms with E-state index in [1.165, 1.54) is 29.0 Å². The number of benzene rings is 1. The van der Waals surface area contributed by atoms with E-state index in [1.54, 1.807) is 6.92 Å². The second-order valence-corrected chi connectivity index (χ2v) is 11.2. The lowest BCUT2D eigenvalue weighted by atomic mass is 9.97. The number of nitrogens with two attached hydrogens (primary N) is 2. The molecule has 4 heterocycles. The van der Waals surface area contributed by atoms with Crippen molar-refractivity contribution in [3.63, 3.8) is 0 Å². The quantitative estimate of drug-likeness (QED) is 0.137. The summed E-state index contributed by atoms with van der Waals surface area (Å²) in [6, 6.07) is 5.14. The first-order valence-electron chi connectivity index (χ1n) is 13.9. The van der Waals surface area contributed by atoms with Crippen LogP contribution in [0.1, 0.15) is 44.5 Å². The number of fused-ring (bicyclic) bond motifs is 4. The Morgan fingerprint density at radius 3 is 2.60 bits per heavy atom. The van der Waals surface area contributed by atoms with Crippen LogP contribution in [0.5, 0.6) is 0 Å². The van der Waals surface area contributed by atoms with Crippen molar-refractivity contribution < 1.29 is 31.1 Å². The lowest BCUT2D eigenvalue weighted by Crippen LogP contribution is -2.31. The number of pyridine rings is 1. The van der Waals surface area contributed by atoms with Gasteiger partial charge < -0.3 is 11.1 Å². The summed E-state index contributed by atoms with van der Waals surface area (Å²) in [5.41, 5.74) is 2.35. The van der Waals surface area contributed by atoms with Gasteiger partial charge >= 0.3 is 12.7 Å². The standard InChI is InChI=1S/C29H26ClF6N9O2/c1-14-3-2-4-22(20-7-15(5-6-39-20)25-21(42-27(14)47)11-41-45(25)28(32)33)43-13-40-19(10-24(43)46)17-8-16(30)9-18(31)26(17)44(38)12-23(37)29(34,35)36/h5-14,22,28H,2-4,37-38H2,1H3,(H,42,47)/b23-12-. The fraction of sp³-hybridized carbons (Fsp3) is 0.276. The van der Waals surface area contributed by atoms with E-state index in [1.807, 2.05) is 0 Å². The van der Waals surface area contributed by atoms with Gasteiger partial charge in [-0.1, -0.05) is 24.9 Å². The SMILES string of the molecule is CC1CCCC(n2cnc(-c3cc(Cl)cc(F)c3N(N)/C=C(\N)C(F)(F)F)cc2=O)c2cc(ccn2)-c2c(cnn2C(F)F)NC1=O. The van der Waals surface area contributed by atoms with E-state index in [0.717, 1.165) is 24.7 Å². The van der Waals surface area contributed by atoms with E-state index < -0.39 is 53.4 Å². The Balaban J connectivity index is 1.61. The first kappa shape index (κ1) is 33.5. The van der Waals surface area contributed by atoms with Crippen LogP contribution >= 0.6 is 11.6 Å². The highest BCUT2D eigenvalue weighted by atomic mass is 35.5. The van der Waals surface area contributed by atoms with Crippen LogP contribution in [0, 0.1) is 11.7 Å². The molecule has 1 amide bonds. The van der Waals surface area contributed by atoms with Crippen molar-refractivity contribution in [2.24, 2.45) is 17.5 Å². The fourth-order valence-corrected chi connectivity index (χ4v) is 5.41. The molecule has 2 bridgehead atoms. The number of nitrogens with one attached hydrogen (secondary N) is 1. The molecule has 5 rings (SSSR count). The van der Waals surface area contributed by atoms with E-state index in [0.29, 0.717) is 28.2 Å². The molecule has 0 spiro atoms. The van der Waals surface area contributed by atoms with Crippen molar-refractivity contribution in [1.29, 1.82) is 0 Å². The van der Waals surface area contributed by atoms with Crippen molar-refractivity contribution >= 4 is 28.9 Å². The number of rotatable bonds is 5. The summed E-state index contributed by atoms with van der Waals surface area (Å²) < 4.78 is 83.7. The van der Waals surface area contributed by atoms with Crippen molar-refractivity contribution in [2.75, 3.05) is 10.3 Å². The largest absolute Gasteiger partial charge is 0.432 e. The fourth-order valence-electron chi connectivity index (χ4n) is 5.20. The third kappa shape index (κ3) is 6.95. The van der Waals surface area contributed by atoms with Crippen LogP contribution in [0.4, 0.5) is 37.7 Å². The number of nitrogens with zero attached hydrogens (tertiary/aromatic N) is 6. The van der Waals surface area contributed by atoms with Crippen LogP contribution in [0.2, 0.25) is 5.02 Å². The van der Waals surface area contributed by atoms with Crippen molar-refractivity contribution in [1.82, 2.24) is 24.3 Å². The number of hydrogen-bond donors (Lipinski definition) is 3. The Labute approximate surface area is 267 Å². The maximum absolute atomic E-state index is 15.1. The summed E-state index contributed by atoms with van der Waals surface area (Å²) in [4.78, 5) is 35.2. The molecule has 0 aliphatic carbocycles. The van der Waals surface area contributed by atoms with Gasteiger partial charge in [0.2, 0.25) is 5.91 Å². The second kappa shape index (κ2) is 13.1. The predicted octanol–water partition coefficient (Wildman–Crippen LogP) is 5.75. The van der Waals surface area contributed by atoms with Crippen LogP contribution in [0.25, 0.3) is 22.5 Å². The number of hydrazine groups is 1. The first-order valence-corrected chi connectivity index (χ1v) is 14.3. The Morgan fingerprint density at radius 2 is 1.91 bits per heavy atom. The Bertz CT molecular complexity index is 1910. The maximum atomic E-state index is 15.1. The van der Waals surface area contributed by atoms with Crippen LogP contribution in [0.3, 0.4) is 0 Å². The molecule has 47 heavy (non-hydrogen) atoms. The number of allylic oxidation sites excluding steroid dienone is 1. The van der Waals surface area contributed by atoms with Crippen LogP contribution in [0.15, 0.2) is 65.7 Å². The van der Waals surface area contributed by atoms with Gasteiger partial charge in [0.15, 0.2) is 0 Å². The van der Waals surface area contributed by atoms with Crippen molar-refractivity contribution in [3.05, 3.63) is 87.8 Å². The van der Waals surface area contributed by atoms with Crippen LogP contribution in [-0.4, -0.2) is 36.4 Å². The van der Waals surface area contributed by atoms with Gasteiger partial charge in [-0.3, -0.25) is 24.1 Å². The van der Waals surface area contributed by atoms with E-state index in [2.05, 4.69) is 20.4 Å². The zero-order valence-corrected chi connectivity index (χ0v) is 25.1. The van der Waals surface area contributed by atoms with Gasteiger partial charge in [0.1, 0.15) is 17.2 Å². The summed E-state index contributed by atoms with van der Waals surface area (Å²) in [5, 5.41) is 6.57. The van der Waals surface area contributed by atoms with Gasteiger partial charge in [0, 0.05) is 40.5 Å². The monoisotopic (exact) mass is 681 g/mol. The molecule has 11 nitrogen and oxygen atoms in total. The molecule has 18 heteroatoms. The van der Waals surface area contributed by atoms with E-state index in [9.17, 15) is 31.5 Å². The van der Waals surface area contributed by atoms with Crippen molar-refractivity contribution in [2.45, 2.75) is 45.0 Å². The number of hydrogen-bond acceptors (Lipinski definition) is 8. The van der Waals surface area contributed by atoms with Gasteiger partial charge in [-0.2, -0.15) is 27.1 Å². The molecule has 0 saturated heterocycles. The Hall–Kier alpha value is -4.90. The number of alkyl halides is 5. The number of anilines is 2. The maximum Gasteiger partial charge on any atom is 0.432 e. The third-order valence-corrected chi connectivity index (χ3v) is 7.75. The highest BCUT2D eigenvalue weighted by Gasteiger charge is 2.33. The number of amides is 1. The Kier molecular flexibility index (Phi) is 9.31. The summed E-state index contributed by atoms with van der Waals surface area (Å²) >= 11 is 6.03. The molecule has 2 unspecified atom stereocenters. The molecule has 1 aliphatic heterocycles. The Morgan fingerprint density at radius 1 is 1.17 bits per heavy atom. The molecule has 0 radical (unpaired) electrons. The van der Waals surface area contributed by atoms with Crippen LogP contribution in [-0.2, 0) is 4.79 Å². The molecule has 0 saturated carbocycles. The number of carbonyl (C=O) groups is 1. The average Bonchev–Trinajstić information content (AvgIpc) is 3.42. The number of halogens is 7. The molecule has 1 aromatic carbocycles. The smallest absolute Gasteiger partial charge is 0.393 e. The molecule has 2 atom stereocenters. The average molecular weight is 682 g/mol. The molecule has 5 N–H and O–H groups in total. The zero-order valence-electron chi connectivity index (χ0n) is 24.3. The highest BCUT2D eigenvalue weighted by molar-refractivity contribution is 6.31. The topological polar surface area (TPSA) is 150 Å². The molecule has 1 aliphatic rings. The molecule has 4 aromatic rings. The second-order valence-electron chi connectivity index (χ2n) is 10.7. The molecular formula is C29H26ClF6N9O2. The predicted molar refractivity (Wildman–Crippen MR) is 160 cm³/mol. The van der Waals surface area contributed by atoms with E-state index >= 15 is 4.39 Å². The minimum Gasteiger partial charge on any atom is -0.393 e. The summed E-state index contributed by atoms with van der Waals surface area (Å²) in [6.07, 6.45) is 0.0132.